The molecule has 3 atom stereocenters. The van der Waals surface area contributed by atoms with E-state index in [0.29, 0.717) is 6.04 Å². The van der Waals surface area contributed by atoms with Crippen LogP contribution < -0.4 is 5.32 Å². The summed E-state index contributed by atoms with van der Waals surface area (Å²) < 4.78 is 0. The highest BCUT2D eigenvalue weighted by Gasteiger charge is 2.26. The summed E-state index contributed by atoms with van der Waals surface area (Å²) in [5, 5.41) is 3.72. The van der Waals surface area contributed by atoms with E-state index in [1.165, 1.54) is 24.8 Å². The third-order valence-corrected chi connectivity index (χ3v) is 4.12. The van der Waals surface area contributed by atoms with Gasteiger partial charge >= 0.3 is 0 Å². The minimum absolute atomic E-state index is 0.712. The number of hydrogen-bond donors (Lipinski definition) is 1. The number of rotatable bonds is 3. The van der Waals surface area contributed by atoms with Crippen molar-refractivity contribution >= 4 is 0 Å². The van der Waals surface area contributed by atoms with E-state index in [1.807, 2.05) is 0 Å². The Labute approximate surface area is 99.3 Å². The zero-order valence-corrected chi connectivity index (χ0v) is 10.4. The third kappa shape index (κ3) is 2.85. The van der Waals surface area contributed by atoms with Gasteiger partial charge in [0.25, 0.3) is 0 Å². The van der Waals surface area contributed by atoms with E-state index in [1.54, 1.807) is 0 Å². The highest BCUT2D eigenvalue weighted by Crippen LogP contribution is 2.29. The van der Waals surface area contributed by atoms with Gasteiger partial charge in [-0.1, -0.05) is 57.0 Å². The lowest BCUT2D eigenvalue weighted by atomic mass is 9.78. The largest absolute Gasteiger partial charge is 0.310 e. The van der Waals surface area contributed by atoms with Gasteiger partial charge in [0.05, 0.1) is 0 Å². The second-order valence-electron chi connectivity index (χ2n) is 5.24. The molecule has 1 aromatic rings. The van der Waals surface area contributed by atoms with Gasteiger partial charge < -0.3 is 5.32 Å². The van der Waals surface area contributed by atoms with Crippen LogP contribution in [0.5, 0.6) is 0 Å². The van der Waals surface area contributed by atoms with Gasteiger partial charge in [0.2, 0.25) is 0 Å². The monoisotopic (exact) mass is 217 g/mol. The Kier molecular flexibility index (Phi) is 4.00. The molecular weight excluding hydrogens is 194 g/mol. The average molecular weight is 217 g/mol. The minimum Gasteiger partial charge on any atom is -0.310 e. The molecule has 0 aliphatic heterocycles. The van der Waals surface area contributed by atoms with Crippen molar-refractivity contribution in [1.29, 1.82) is 0 Å². The first-order valence-corrected chi connectivity index (χ1v) is 6.54. The lowest BCUT2D eigenvalue weighted by molar-refractivity contribution is 0.206. The maximum absolute atomic E-state index is 3.72. The van der Waals surface area contributed by atoms with Crippen molar-refractivity contribution in [2.75, 3.05) is 0 Å². The van der Waals surface area contributed by atoms with E-state index >= 15 is 0 Å². The van der Waals surface area contributed by atoms with Crippen molar-refractivity contribution in [3.05, 3.63) is 35.9 Å². The molecule has 0 spiro atoms. The van der Waals surface area contributed by atoms with Crippen LogP contribution in [0.15, 0.2) is 30.3 Å². The lowest BCUT2D eigenvalue weighted by Crippen LogP contribution is -2.40. The first-order valence-electron chi connectivity index (χ1n) is 6.54. The van der Waals surface area contributed by atoms with Gasteiger partial charge in [0.1, 0.15) is 0 Å². The molecule has 0 bridgehead atoms. The summed E-state index contributed by atoms with van der Waals surface area (Å²) in [4.78, 5) is 0. The predicted octanol–water partition coefficient (Wildman–Crippen LogP) is 3.60. The molecule has 1 aliphatic rings. The Morgan fingerprint density at radius 2 is 1.88 bits per heavy atom. The molecule has 1 aromatic carbocycles. The van der Waals surface area contributed by atoms with Gasteiger partial charge in [0, 0.05) is 12.6 Å². The Bertz CT molecular complexity index is 306. The zero-order chi connectivity index (χ0) is 11.4. The summed E-state index contributed by atoms with van der Waals surface area (Å²) in [5.74, 6) is 1.69. The maximum atomic E-state index is 3.72. The fourth-order valence-electron chi connectivity index (χ4n) is 2.71. The van der Waals surface area contributed by atoms with Crippen molar-refractivity contribution in [3.63, 3.8) is 0 Å². The maximum Gasteiger partial charge on any atom is 0.0208 e. The normalized spacial score (nSPS) is 30.2. The Hall–Kier alpha value is -0.820. The molecule has 1 N–H and O–H groups in total. The van der Waals surface area contributed by atoms with Crippen LogP contribution in [0.25, 0.3) is 0 Å². The Balaban J connectivity index is 1.85. The number of nitrogens with one attached hydrogen (secondary N) is 1. The van der Waals surface area contributed by atoms with Crippen LogP contribution >= 0.6 is 0 Å². The number of benzene rings is 1. The van der Waals surface area contributed by atoms with Gasteiger partial charge in [-0.3, -0.25) is 0 Å². The summed E-state index contributed by atoms with van der Waals surface area (Å²) in [6.45, 7) is 5.80. The standard InChI is InChI=1S/C15H23N/c1-12-7-6-10-15(13(12)2)16-11-14-8-4-3-5-9-14/h3-5,8-9,12-13,15-16H,6-7,10-11H2,1-2H3. The molecule has 88 valence electrons. The molecule has 1 fully saturated rings. The van der Waals surface area contributed by atoms with Crippen LogP contribution in [0.1, 0.15) is 38.7 Å². The highest BCUT2D eigenvalue weighted by atomic mass is 14.9. The summed E-state index contributed by atoms with van der Waals surface area (Å²) in [5.41, 5.74) is 1.40. The molecular formula is C15H23N. The van der Waals surface area contributed by atoms with E-state index in [2.05, 4.69) is 49.5 Å². The van der Waals surface area contributed by atoms with E-state index < -0.39 is 0 Å². The molecule has 0 radical (unpaired) electrons. The SMILES string of the molecule is CC1CCCC(NCc2ccccc2)C1C. The fraction of sp³-hybridized carbons (Fsp3) is 0.600. The zero-order valence-electron chi connectivity index (χ0n) is 10.4. The fourth-order valence-corrected chi connectivity index (χ4v) is 2.71. The first-order chi connectivity index (χ1) is 7.77. The molecule has 1 heteroatoms. The van der Waals surface area contributed by atoms with Crippen molar-refractivity contribution < 1.29 is 0 Å². The van der Waals surface area contributed by atoms with Crippen molar-refractivity contribution in [1.82, 2.24) is 5.32 Å². The van der Waals surface area contributed by atoms with Gasteiger partial charge in [-0.25, -0.2) is 0 Å². The van der Waals surface area contributed by atoms with Crippen LogP contribution in [-0.2, 0) is 6.54 Å². The van der Waals surface area contributed by atoms with E-state index in [0.717, 1.165) is 18.4 Å². The van der Waals surface area contributed by atoms with Crippen molar-refractivity contribution in [2.45, 2.75) is 45.7 Å². The molecule has 0 aromatic heterocycles. The van der Waals surface area contributed by atoms with E-state index in [4.69, 9.17) is 0 Å². The topological polar surface area (TPSA) is 12.0 Å². The smallest absolute Gasteiger partial charge is 0.0208 e. The minimum atomic E-state index is 0.712. The van der Waals surface area contributed by atoms with Crippen LogP contribution in [0, 0.1) is 11.8 Å². The van der Waals surface area contributed by atoms with E-state index in [-0.39, 0.29) is 0 Å². The van der Waals surface area contributed by atoms with Crippen LogP contribution in [0.2, 0.25) is 0 Å². The van der Waals surface area contributed by atoms with Gasteiger partial charge in [-0.05, 0) is 23.8 Å². The predicted molar refractivity (Wildman–Crippen MR) is 69.2 cm³/mol. The molecule has 3 unspecified atom stereocenters. The van der Waals surface area contributed by atoms with Crippen LogP contribution in [0.3, 0.4) is 0 Å². The van der Waals surface area contributed by atoms with Crippen LogP contribution in [0.4, 0.5) is 0 Å². The summed E-state index contributed by atoms with van der Waals surface area (Å²) in [6, 6.07) is 11.4. The Morgan fingerprint density at radius 3 is 2.62 bits per heavy atom. The second-order valence-corrected chi connectivity index (χ2v) is 5.24. The molecule has 1 saturated carbocycles. The van der Waals surface area contributed by atoms with Gasteiger partial charge in [-0.2, -0.15) is 0 Å². The molecule has 16 heavy (non-hydrogen) atoms. The first kappa shape index (κ1) is 11.7. The number of hydrogen-bond acceptors (Lipinski definition) is 1. The van der Waals surface area contributed by atoms with Gasteiger partial charge in [0.15, 0.2) is 0 Å². The summed E-state index contributed by atoms with van der Waals surface area (Å²) in [6.07, 6.45) is 4.14. The van der Waals surface area contributed by atoms with E-state index in [9.17, 15) is 0 Å². The average Bonchev–Trinajstić information content (AvgIpc) is 2.32. The summed E-state index contributed by atoms with van der Waals surface area (Å²) >= 11 is 0. The molecule has 2 rings (SSSR count). The Morgan fingerprint density at radius 1 is 1.12 bits per heavy atom. The third-order valence-electron chi connectivity index (χ3n) is 4.12. The lowest BCUT2D eigenvalue weighted by Gasteiger charge is -2.34. The summed E-state index contributed by atoms with van der Waals surface area (Å²) in [7, 11) is 0. The quantitative estimate of drug-likeness (QED) is 0.815. The highest BCUT2D eigenvalue weighted by molar-refractivity contribution is 5.14. The van der Waals surface area contributed by atoms with Gasteiger partial charge in [-0.15, -0.1) is 0 Å². The molecule has 0 heterocycles. The molecule has 1 nitrogen and oxygen atoms in total. The van der Waals surface area contributed by atoms with Crippen molar-refractivity contribution in [2.24, 2.45) is 11.8 Å². The second kappa shape index (κ2) is 5.49. The van der Waals surface area contributed by atoms with Crippen molar-refractivity contribution in [3.8, 4) is 0 Å². The molecule has 0 saturated heterocycles. The molecule has 1 aliphatic carbocycles. The van der Waals surface area contributed by atoms with Crippen LogP contribution in [-0.4, -0.2) is 6.04 Å². The molecule has 0 amide bonds.